The number of pyridine rings is 1. The number of nitriles is 1. The number of fused-ring (bicyclic) bond motifs is 1. The fourth-order valence-electron chi connectivity index (χ4n) is 2.04. The van der Waals surface area contributed by atoms with Gasteiger partial charge in [0.2, 0.25) is 0 Å². The maximum atomic E-state index is 10.7. The normalized spacial score (nSPS) is 10.3. The van der Waals surface area contributed by atoms with Crippen molar-refractivity contribution >= 4 is 17.2 Å². The van der Waals surface area contributed by atoms with Gasteiger partial charge in [-0.25, -0.2) is 0 Å². The number of rotatable bonds is 3. The summed E-state index contributed by atoms with van der Waals surface area (Å²) in [5.41, 5.74) is 2.94. The van der Waals surface area contributed by atoms with Crippen LogP contribution in [0, 0.1) is 11.3 Å². The highest BCUT2D eigenvalue weighted by molar-refractivity contribution is 5.86. The van der Waals surface area contributed by atoms with Crippen LogP contribution in [0.5, 0.6) is 0 Å². The van der Waals surface area contributed by atoms with Gasteiger partial charge in [0, 0.05) is 17.1 Å². The van der Waals surface area contributed by atoms with E-state index in [0.717, 1.165) is 22.9 Å². The maximum absolute atomic E-state index is 10.7. The Balaban J connectivity index is 1.94. The largest absolute Gasteiger partial charge is 0.298 e. The molecule has 0 spiro atoms. The monoisotopic (exact) mass is 262 g/mol. The molecule has 0 saturated heterocycles. The van der Waals surface area contributed by atoms with Crippen LogP contribution >= 0.6 is 0 Å². The quantitative estimate of drug-likeness (QED) is 0.678. The smallest absolute Gasteiger partial charge is 0.150 e. The Morgan fingerprint density at radius 3 is 2.85 bits per heavy atom. The van der Waals surface area contributed by atoms with Crippen LogP contribution in [0.2, 0.25) is 0 Å². The van der Waals surface area contributed by atoms with E-state index in [0.29, 0.717) is 17.7 Å². The minimum Gasteiger partial charge on any atom is -0.298 e. The Hall–Kier alpha value is -3.00. The molecule has 20 heavy (non-hydrogen) atoms. The van der Waals surface area contributed by atoms with Crippen LogP contribution in [-0.2, 0) is 6.54 Å². The Morgan fingerprint density at radius 1 is 1.25 bits per heavy atom. The van der Waals surface area contributed by atoms with Crippen LogP contribution in [0.1, 0.15) is 21.6 Å². The predicted octanol–water partition coefficient (Wildman–Crippen LogP) is 2.16. The van der Waals surface area contributed by atoms with Gasteiger partial charge in [-0.3, -0.25) is 14.5 Å². The van der Waals surface area contributed by atoms with Crippen molar-refractivity contribution in [3.63, 3.8) is 0 Å². The zero-order valence-electron chi connectivity index (χ0n) is 10.5. The highest BCUT2D eigenvalue weighted by Gasteiger charge is 2.05. The lowest BCUT2D eigenvalue weighted by Crippen LogP contribution is -2.03. The first-order valence-corrected chi connectivity index (χ1v) is 6.06. The van der Waals surface area contributed by atoms with Crippen LogP contribution in [0.4, 0.5) is 0 Å². The van der Waals surface area contributed by atoms with Gasteiger partial charge in [-0.1, -0.05) is 0 Å². The molecule has 0 aliphatic heterocycles. The molecule has 0 unspecified atom stereocenters. The number of carbonyl (C=O) groups excluding carboxylic acids is 1. The lowest BCUT2D eigenvalue weighted by Gasteiger charge is -2.03. The van der Waals surface area contributed by atoms with Crippen LogP contribution in [0.3, 0.4) is 0 Å². The van der Waals surface area contributed by atoms with E-state index < -0.39 is 0 Å². The molecule has 1 aromatic carbocycles. The summed E-state index contributed by atoms with van der Waals surface area (Å²) >= 11 is 0. The van der Waals surface area contributed by atoms with Crippen molar-refractivity contribution in [2.24, 2.45) is 0 Å². The molecule has 5 heteroatoms. The lowest BCUT2D eigenvalue weighted by molar-refractivity contribution is 0.112. The summed E-state index contributed by atoms with van der Waals surface area (Å²) in [5.74, 6) is 0. The Kier molecular flexibility index (Phi) is 2.98. The number of carbonyl (C=O) groups is 1. The molecule has 2 aromatic heterocycles. The molecule has 2 heterocycles. The topological polar surface area (TPSA) is 71.6 Å². The van der Waals surface area contributed by atoms with Crippen molar-refractivity contribution in [2.75, 3.05) is 0 Å². The van der Waals surface area contributed by atoms with Gasteiger partial charge in [0.1, 0.15) is 12.4 Å². The molecule has 0 aliphatic carbocycles. The van der Waals surface area contributed by atoms with Gasteiger partial charge in [-0.05, 0) is 30.3 Å². The summed E-state index contributed by atoms with van der Waals surface area (Å²) in [5, 5.41) is 14.0. The lowest BCUT2D eigenvalue weighted by atomic mass is 10.2. The second-order valence-electron chi connectivity index (χ2n) is 4.39. The molecule has 0 atom stereocenters. The van der Waals surface area contributed by atoms with E-state index in [1.807, 2.05) is 22.9 Å². The zero-order chi connectivity index (χ0) is 13.9. The number of aromatic nitrogens is 3. The van der Waals surface area contributed by atoms with E-state index in [2.05, 4.69) is 10.1 Å². The number of nitrogens with zero attached hydrogens (tertiary/aromatic N) is 4. The SMILES string of the molecule is N#Cc1ccc(Cn2ncc3cc(C=O)ccc32)nc1. The van der Waals surface area contributed by atoms with Crippen molar-refractivity contribution in [1.82, 2.24) is 14.8 Å². The molecular weight excluding hydrogens is 252 g/mol. The molecule has 96 valence electrons. The second-order valence-corrected chi connectivity index (χ2v) is 4.39. The molecule has 0 radical (unpaired) electrons. The van der Waals surface area contributed by atoms with E-state index in [9.17, 15) is 4.79 Å². The first-order chi connectivity index (χ1) is 9.80. The van der Waals surface area contributed by atoms with E-state index in [4.69, 9.17) is 5.26 Å². The molecule has 0 aliphatic rings. The molecule has 0 N–H and O–H groups in total. The van der Waals surface area contributed by atoms with Crippen molar-refractivity contribution in [3.05, 3.63) is 59.5 Å². The van der Waals surface area contributed by atoms with E-state index in [1.54, 1.807) is 30.6 Å². The van der Waals surface area contributed by atoms with E-state index in [1.165, 1.54) is 0 Å². The van der Waals surface area contributed by atoms with Crippen LogP contribution < -0.4 is 0 Å². The Morgan fingerprint density at radius 2 is 2.15 bits per heavy atom. The molecule has 0 bridgehead atoms. The third kappa shape index (κ3) is 2.15. The average molecular weight is 262 g/mol. The van der Waals surface area contributed by atoms with Gasteiger partial charge in [-0.15, -0.1) is 0 Å². The van der Waals surface area contributed by atoms with Crippen molar-refractivity contribution in [1.29, 1.82) is 5.26 Å². The number of hydrogen-bond donors (Lipinski definition) is 0. The van der Waals surface area contributed by atoms with Gasteiger partial charge < -0.3 is 0 Å². The van der Waals surface area contributed by atoms with Crippen LogP contribution in [0.15, 0.2) is 42.7 Å². The van der Waals surface area contributed by atoms with Crippen LogP contribution in [-0.4, -0.2) is 21.1 Å². The number of aldehydes is 1. The van der Waals surface area contributed by atoms with Gasteiger partial charge in [0.25, 0.3) is 0 Å². The van der Waals surface area contributed by atoms with E-state index in [-0.39, 0.29) is 0 Å². The first kappa shape index (κ1) is 12.1. The maximum Gasteiger partial charge on any atom is 0.150 e. The molecule has 0 saturated carbocycles. The van der Waals surface area contributed by atoms with Gasteiger partial charge in [-0.2, -0.15) is 10.4 Å². The van der Waals surface area contributed by atoms with Gasteiger partial charge in [0.05, 0.1) is 29.5 Å². The highest BCUT2D eigenvalue weighted by atomic mass is 16.1. The molecule has 0 fully saturated rings. The third-order valence-corrected chi connectivity index (χ3v) is 3.07. The average Bonchev–Trinajstić information content (AvgIpc) is 2.90. The number of hydrogen-bond acceptors (Lipinski definition) is 4. The summed E-state index contributed by atoms with van der Waals surface area (Å²) < 4.78 is 1.82. The summed E-state index contributed by atoms with van der Waals surface area (Å²) in [6.07, 6.45) is 4.09. The summed E-state index contributed by atoms with van der Waals surface area (Å²) in [6, 6.07) is 11.0. The molecule has 0 amide bonds. The minimum atomic E-state index is 0.523. The molecular formula is C15H10N4O. The van der Waals surface area contributed by atoms with Crippen LogP contribution in [0.25, 0.3) is 10.9 Å². The summed E-state index contributed by atoms with van der Waals surface area (Å²) in [6.45, 7) is 0.523. The zero-order valence-corrected chi connectivity index (χ0v) is 10.5. The molecule has 3 aromatic rings. The molecule has 3 rings (SSSR count). The molecule has 5 nitrogen and oxygen atoms in total. The highest BCUT2D eigenvalue weighted by Crippen LogP contribution is 2.16. The van der Waals surface area contributed by atoms with Crippen molar-refractivity contribution < 1.29 is 4.79 Å². The fraction of sp³-hybridized carbons (Fsp3) is 0.0667. The summed E-state index contributed by atoms with van der Waals surface area (Å²) in [7, 11) is 0. The Bertz CT molecular complexity index is 812. The van der Waals surface area contributed by atoms with E-state index >= 15 is 0 Å². The second kappa shape index (κ2) is 4.94. The van der Waals surface area contributed by atoms with Gasteiger partial charge >= 0.3 is 0 Å². The van der Waals surface area contributed by atoms with Crippen molar-refractivity contribution in [3.8, 4) is 6.07 Å². The number of benzene rings is 1. The Labute approximate surface area is 115 Å². The minimum absolute atomic E-state index is 0.523. The summed E-state index contributed by atoms with van der Waals surface area (Å²) in [4.78, 5) is 15.0. The van der Waals surface area contributed by atoms with Gasteiger partial charge in [0.15, 0.2) is 0 Å². The fourth-order valence-corrected chi connectivity index (χ4v) is 2.04. The predicted molar refractivity (Wildman–Crippen MR) is 73.2 cm³/mol. The van der Waals surface area contributed by atoms with Crippen molar-refractivity contribution in [2.45, 2.75) is 6.54 Å². The first-order valence-electron chi connectivity index (χ1n) is 6.06. The third-order valence-electron chi connectivity index (χ3n) is 3.07. The standard InChI is InChI=1S/C15H10N4O/c16-6-12-1-3-14(17-7-12)9-19-15-4-2-11(10-20)5-13(15)8-18-19/h1-5,7-8,10H,9H2.